The van der Waals surface area contributed by atoms with Crippen LogP contribution in [-0.2, 0) is 11.8 Å². The normalized spacial score (nSPS) is 12.0. The van der Waals surface area contributed by atoms with E-state index in [0.29, 0.717) is 5.69 Å². The zero-order chi connectivity index (χ0) is 17.8. The van der Waals surface area contributed by atoms with E-state index in [9.17, 15) is 9.18 Å². The number of aromatic nitrogens is 2. The third kappa shape index (κ3) is 4.09. The molecule has 0 aliphatic heterocycles. The van der Waals surface area contributed by atoms with Gasteiger partial charge in [-0.1, -0.05) is 48.2 Å². The van der Waals surface area contributed by atoms with Gasteiger partial charge in [-0.25, -0.2) is 9.37 Å². The summed E-state index contributed by atoms with van der Waals surface area (Å²) in [5.41, 5.74) is 2.50. The summed E-state index contributed by atoms with van der Waals surface area (Å²) in [5.74, 6) is -0.574. The van der Waals surface area contributed by atoms with Crippen molar-refractivity contribution in [1.82, 2.24) is 9.55 Å². The molecule has 3 aromatic rings. The molecule has 0 radical (unpaired) electrons. The number of amides is 1. The Hall–Kier alpha value is -2.60. The SMILES string of the molecule is CC(Sc1ncc(-c2ccccc2)n1C)C(=O)Nc1cccc(F)c1. The van der Waals surface area contributed by atoms with Crippen LogP contribution in [0.5, 0.6) is 0 Å². The maximum atomic E-state index is 13.2. The Morgan fingerprint density at radius 3 is 2.68 bits per heavy atom. The minimum Gasteiger partial charge on any atom is -0.325 e. The maximum Gasteiger partial charge on any atom is 0.237 e. The number of benzene rings is 2. The van der Waals surface area contributed by atoms with Crippen LogP contribution in [0.2, 0.25) is 0 Å². The Balaban J connectivity index is 1.70. The number of halogens is 1. The maximum absolute atomic E-state index is 13.2. The molecular weight excluding hydrogens is 337 g/mol. The number of anilines is 1. The first-order chi connectivity index (χ1) is 12.0. The second kappa shape index (κ2) is 7.53. The first kappa shape index (κ1) is 17.2. The molecule has 0 fully saturated rings. The Labute approximate surface area is 150 Å². The molecule has 1 atom stereocenters. The highest BCUT2D eigenvalue weighted by Crippen LogP contribution is 2.27. The van der Waals surface area contributed by atoms with Gasteiger partial charge in [0.2, 0.25) is 5.91 Å². The van der Waals surface area contributed by atoms with Crippen LogP contribution in [0.4, 0.5) is 10.1 Å². The number of imidazole rings is 1. The van der Waals surface area contributed by atoms with Crippen molar-refractivity contribution in [2.24, 2.45) is 7.05 Å². The average molecular weight is 355 g/mol. The van der Waals surface area contributed by atoms with E-state index in [1.807, 2.05) is 41.9 Å². The summed E-state index contributed by atoms with van der Waals surface area (Å²) in [6.45, 7) is 1.80. The van der Waals surface area contributed by atoms with E-state index < -0.39 is 0 Å². The van der Waals surface area contributed by atoms with E-state index in [1.165, 1.54) is 23.9 Å². The molecule has 128 valence electrons. The lowest BCUT2D eigenvalue weighted by Gasteiger charge is -2.12. The summed E-state index contributed by atoms with van der Waals surface area (Å²) in [6.07, 6.45) is 1.80. The summed E-state index contributed by atoms with van der Waals surface area (Å²) in [4.78, 5) is 16.7. The molecule has 2 aromatic carbocycles. The topological polar surface area (TPSA) is 46.9 Å². The molecule has 3 rings (SSSR count). The summed E-state index contributed by atoms with van der Waals surface area (Å²) < 4.78 is 15.2. The van der Waals surface area contributed by atoms with Crippen molar-refractivity contribution in [2.45, 2.75) is 17.3 Å². The number of nitrogens with zero attached hydrogens (tertiary/aromatic N) is 2. The number of carbonyl (C=O) groups is 1. The van der Waals surface area contributed by atoms with E-state index in [0.717, 1.165) is 16.4 Å². The van der Waals surface area contributed by atoms with Crippen molar-refractivity contribution in [3.8, 4) is 11.3 Å². The number of carbonyl (C=O) groups excluding carboxylic acids is 1. The van der Waals surface area contributed by atoms with Crippen LogP contribution in [0, 0.1) is 5.82 Å². The molecule has 0 bridgehead atoms. The molecule has 0 saturated carbocycles. The quantitative estimate of drug-likeness (QED) is 0.692. The molecule has 1 N–H and O–H groups in total. The van der Waals surface area contributed by atoms with Gasteiger partial charge in [-0.15, -0.1) is 0 Å². The van der Waals surface area contributed by atoms with Gasteiger partial charge in [0.05, 0.1) is 17.1 Å². The average Bonchev–Trinajstić information content (AvgIpc) is 2.96. The molecule has 1 unspecified atom stereocenters. The summed E-state index contributed by atoms with van der Waals surface area (Å²) >= 11 is 1.36. The highest BCUT2D eigenvalue weighted by atomic mass is 32.2. The summed E-state index contributed by atoms with van der Waals surface area (Å²) in [6, 6.07) is 15.8. The van der Waals surface area contributed by atoms with Crippen LogP contribution in [0.25, 0.3) is 11.3 Å². The first-order valence-electron chi connectivity index (χ1n) is 7.85. The molecule has 1 amide bonds. The molecule has 1 heterocycles. The fourth-order valence-electron chi connectivity index (χ4n) is 2.40. The smallest absolute Gasteiger partial charge is 0.237 e. The van der Waals surface area contributed by atoms with Gasteiger partial charge >= 0.3 is 0 Å². The molecule has 25 heavy (non-hydrogen) atoms. The van der Waals surface area contributed by atoms with Crippen molar-refractivity contribution < 1.29 is 9.18 Å². The van der Waals surface area contributed by atoms with E-state index in [1.54, 1.807) is 25.3 Å². The fraction of sp³-hybridized carbons (Fsp3) is 0.158. The third-order valence-corrected chi connectivity index (χ3v) is 4.92. The van der Waals surface area contributed by atoms with Crippen molar-refractivity contribution in [3.05, 3.63) is 66.6 Å². The van der Waals surface area contributed by atoms with Crippen LogP contribution in [-0.4, -0.2) is 20.7 Å². The lowest BCUT2D eigenvalue weighted by Crippen LogP contribution is -2.22. The summed E-state index contributed by atoms with van der Waals surface area (Å²) in [5, 5.41) is 3.11. The van der Waals surface area contributed by atoms with Gasteiger partial charge in [-0.2, -0.15) is 0 Å². The predicted octanol–water partition coefficient (Wildman–Crippen LogP) is 4.35. The predicted molar refractivity (Wildman–Crippen MR) is 99.0 cm³/mol. The van der Waals surface area contributed by atoms with E-state index in [4.69, 9.17) is 0 Å². The van der Waals surface area contributed by atoms with Gasteiger partial charge < -0.3 is 9.88 Å². The van der Waals surface area contributed by atoms with Crippen LogP contribution in [0.3, 0.4) is 0 Å². The van der Waals surface area contributed by atoms with Crippen LogP contribution >= 0.6 is 11.8 Å². The number of thioether (sulfide) groups is 1. The zero-order valence-electron chi connectivity index (χ0n) is 13.9. The van der Waals surface area contributed by atoms with Crippen molar-refractivity contribution in [1.29, 1.82) is 0 Å². The molecule has 4 nitrogen and oxygen atoms in total. The Morgan fingerprint density at radius 1 is 1.20 bits per heavy atom. The number of rotatable bonds is 5. The molecule has 1 aromatic heterocycles. The number of hydrogen-bond donors (Lipinski definition) is 1. The summed E-state index contributed by atoms with van der Waals surface area (Å²) in [7, 11) is 1.93. The Bertz CT molecular complexity index is 879. The van der Waals surface area contributed by atoms with Gasteiger partial charge in [0, 0.05) is 12.7 Å². The molecule has 6 heteroatoms. The molecule has 0 aliphatic rings. The molecule has 0 aliphatic carbocycles. The fourth-order valence-corrected chi connectivity index (χ4v) is 3.25. The van der Waals surface area contributed by atoms with Crippen molar-refractivity contribution >= 4 is 23.4 Å². The van der Waals surface area contributed by atoms with Crippen molar-refractivity contribution in [2.75, 3.05) is 5.32 Å². The second-order valence-corrected chi connectivity index (χ2v) is 6.92. The van der Waals surface area contributed by atoms with E-state index in [2.05, 4.69) is 10.3 Å². The van der Waals surface area contributed by atoms with E-state index >= 15 is 0 Å². The van der Waals surface area contributed by atoms with Crippen LogP contribution in [0.15, 0.2) is 66.0 Å². The van der Waals surface area contributed by atoms with Gasteiger partial charge in [0.15, 0.2) is 5.16 Å². The molecule has 0 saturated heterocycles. The van der Waals surface area contributed by atoms with Crippen LogP contribution in [0.1, 0.15) is 6.92 Å². The van der Waals surface area contributed by atoms with Gasteiger partial charge in [-0.05, 0) is 30.7 Å². The van der Waals surface area contributed by atoms with Gasteiger partial charge in [0.25, 0.3) is 0 Å². The monoisotopic (exact) mass is 355 g/mol. The number of hydrogen-bond acceptors (Lipinski definition) is 3. The molecule has 0 spiro atoms. The lowest BCUT2D eigenvalue weighted by atomic mass is 10.2. The standard InChI is InChI=1S/C19H18FN3OS/c1-13(18(24)22-16-10-6-9-15(20)11-16)25-19-21-12-17(23(19)2)14-7-4-3-5-8-14/h3-13H,1-2H3,(H,22,24). The third-order valence-electron chi connectivity index (χ3n) is 3.76. The zero-order valence-corrected chi connectivity index (χ0v) is 14.8. The van der Waals surface area contributed by atoms with Gasteiger partial charge in [0.1, 0.15) is 5.82 Å². The minimum atomic E-state index is -0.380. The highest BCUT2D eigenvalue weighted by molar-refractivity contribution is 8.00. The van der Waals surface area contributed by atoms with Crippen LogP contribution < -0.4 is 5.32 Å². The minimum absolute atomic E-state index is 0.195. The second-order valence-electron chi connectivity index (χ2n) is 5.61. The highest BCUT2D eigenvalue weighted by Gasteiger charge is 2.18. The lowest BCUT2D eigenvalue weighted by molar-refractivity contribution is -0.115. The Kier molecular flexibility index (Phi) is 5.19. The number of nitrogens with one attached hydrogen (secondary N) is 1. The Morgan fingerprint density at radius 2 is 1.96 bits per heavy atom. The van der Waals surface area contributed by atoms with Crippen molar-refractivity contribution in [3.63, 3.8) is 0 Å². The van der Waals surface area contributed by atoms with Gasteiger partial charge in [-0.3, -0.25) is 4.79 Å². The van der Waals surface area contributed by atoms with E-state index in [-0.39, 0.29) is 17.0 Å². The molecular formula is C19H18FN3OS. The largest absolute Gasteiger partial charge is 0.325 e. The first-order valence-corrected chi connectivity index (χ1v) is 8.73.